The quantitative estimate of drug-likeness (QED) is 0.188. The number of benzene rings is 4. The number of urea groups is 1. The van der Waals surface area contributed by atoms with Crippen molar-refractivity contribution in [1.29, 1.82) is 0 Å². The number of halogens is 2. The van der Waals surface area contributed by atoms with Gasteiger partial charge in [0.25, 0.3) is 0 Å². The van der Waals surface area contributed by atoms with Crippen molar-refractivity contribution in [1.82, 2.24) is 20.1 Å². The summed E-state index contributed by atoms with van der Waals surface area (Å²) in [4.78, 5) is 13.1. The molecule has 0 aliphatic heterocycles. The van der Waals surface area contributed by atoms with E-state index in [4.69, 9.17) is 0 Å². The number of nitrogens with zero attached hydrogens (tertiary/aromatic N) is 3. The minimum atomic E-state index is -0.594. The zero-order valence-electron chi connectivity index (χ0n) is 21.7. The van der Waals surface area contributed by atoms with Gasteiger partial charge in [0.05, 0.1) is 11.7 Å². The fourth-order valence-electron chi connectivity index (χ4n) is 4.20. The maximum Gasteiger partial charge on any atom is 0.319 e. The number of thioether (sulfide) groups is 1. The molecule has 6 nitrogen and oxygen atoms in total. The summed E-state index contributed by atoms with van der Waals surface area (Å²) in [6.07, 6.45) is 0.429. The lowest BCUT2D eigenvalue weighted by atomic mass is 10.1. The standard InChI is InChI=1S/C31H27F2N5OS/c1-21-11-17-25(18-12-21)38-29(36-37-31(38)40-20-23-13-15-24(32)16-14-23)28(19-22-7-3-2-4-8-22)35-30(39)34-27-10-6-5-9-26(27)33/h2-18,28H,19-20H2,1H3,(H2,34,35,39). The molecule has 5 rings (SSSR count). The van der Waals surface area contributed by atoms with Crippen LogP contribution in [0.4, 0.5) is 19.3 Å². The molecule has 0 bridgehead atoms. The van der Waals surface area contributed by atoms with Gasteiger partial charge >= 0.3 is 6.03 Å². The highest BCUT2D eigenvalue weighted by Crippen LogP contribution is 2.29. The third kappa shape index (κ3) is 6.73. The molecule has 0 fully saturated rings. The second kappa shape index (κ2) is 12.6. The van der Waals surface area contributed by atoms with Gasteiger partial charge in [0.15, 0.2) is 11.0 Å². The number of nitrogens with one attached hydrogen (secondary N) is 2. The Balaban J connectivity index is 1.50. The van der Waals surface area contributed by atoms with Crippen LogP contribution in [0.2, 0.25) is 0 Å². The number of aromatic nitrogens is 3. The predicted octanol–water partition coefficient (Wildman–Crippen LogP) is 7.25. The van der Waals surface area contributed by atoms with Crippen LogP contribution in [0, 0.1) is 18.6 Å². The predicted molar refractivity (Wildman–Crippen MR) is 153 cm³/mol. The summed E-state index contributed by atoms with van der Waals surface area (Å²) in [5, 5.41) is 15.2. The van der Waals surface area contributed by atoms with Crippen molar-refractivity contribution in [2.75, 3.05) is 5.32 Å². The van der Waals surface area contributed by atoms with Crippen LogP contribution in [0.3, 0.4) is 0 Å². The minimum absolute atomic E-state index is 0.0778. The molecule has 1 atom stereocenters. The Kier molecular flexibility index (Phi) is 8.51. The van der Waals surface area contributed by atoms with Crippen LogP contribution < -0.4 is 10.6 Å². The van der Waals surface area contributed by atoms with Gasteiger partial charge in [0, 0.05) is 17.9 Å². The third-order valence-corrected chi connectivity index (χ3v) is 7.25. The molecule has 5 aromatic rings. The van der Waals surface area contributed by atoms with E-state index in [1.54, 1.807) is 24.3 Å². The van der Waals surface area contributed by atoms with Crippen molar-refractivity contribution in [3.05, 3.63) is 137 Å². The lowest BCUT2D eigenvalue weighted by Crippen LogP contribution is -2.35. The molecule has 0 radical (unpaired) electrons. The molecule has 40 heavy (non-hydrogen) atoms. The summed E-state index contributed by atoms with van der Waals surface area (Å²) >= 11 is 1.46. The zero-order valence-corrected chi connectivity index (χ0v) is 22.5. The second-order valence-corrected chi connectivity index (χ2v) is 10.2. The Labute approximate surface area is 235 Å². The van der Waals surface area contributed by atoms with Gasteiger partial charge in [-0.3, -0.25) is 4.57 Å². The molecule has 2 amide bonds. The van der Waals surface area contributed by atoms with Crippen LogP contribution in [0.15, 0.2) is 108 Å². The number of hydrogen-bond donors (Lipinski definition) is 2. The molecule has 202 valence electrons. The summed E-state index contributed by atoms with van der Waals surface area (Å²) in [5.41, 5.74) is 3.94. The van der Waals surface area contributed by atoms with Crippen molar-refractivity contribution in [2.45, 2.75) is 30.3 Å². The first-order valence-electron chi connectivity index (χ1n) is 12.7. The van der Waals surface area contributed by atoms with Crippen molar-refractivity contribution < 1.29 is 13.6 Å². The normalized spacial score (nSPS) is 11.7. The van der Waals surface area contributed by atoms with Gasteiger partial charge in [-0.05, 0) is 54.4 Å². The lowest BCUT2D eigenvalue weighted by molar-refractivity contribution is 0.247. The number of hydrogen-bond acceptors (Lipinski definition) is 4. The average Bonchev–Trinajstić information content (AvgIpc) is 3.38. The third-order valence-electron chi connectivity index (χ3n) is 6.25. The average molecular weight is 556 g/mol. The van der Waals surface area contributed by atoms with Crippen LogP contribution in [0.5, 0.6) is 0 Å². The Morgan fingerprint density at radius 3 is 2.27 bits per heavy atom. The van der Waals surface area contributed by atoms with Gasteiger partial charge in [0.2, 0.25) is 0 Å². The highest BCUT2D eigenvalue weighted by atomic mass is 32.2. The summed E-state index contributed by atoms with van der Waals surface area (Å²) < 4.78 is 29.6. The topological polar surface area (TPSA) is 71.8 Å². The van der Waals surface area contributed by atoms with E-state index >= 15 is 0 Å². The number of para-hydroxylation sites is 1. The van der Waals surface area contributed by atoms with E-state index in [1.807, 2.05) is 66.1 Å². The summed E-state index contributed by atoms with van der Waals surface area (Å²) in [7, 11) is 0. The lowest BCUT2D eigenvalue weighted by Gasteiger charge is -2.21. The van der Waals surface area contributed by atoms with Crippen LogP contribution in [0.25, 0.3) is 5.69 Å². The number of carbonyl (C=O) groups is 1. The molecule has 0 aliphatic rings. The first kappa shape index (κ1) is 27.1. The first-order chi connectivity index (χ1) is 19.5. The van der Waals surface area contributed by atoms with Gasteiger partial charge in [0.1, 0.15) is 11.6 Å². The monoisotopic (exact) mass is 555 g/mol. The molecule has 1 heterocycles. The molecule has 1 unspecified atom stereocenters. The molecule has 1 aromatic heterocycles. The Hall–Kier alpha value is -4.50. The fourth-order valence-corrected chi connectivity index (χ4v) is 5.12. The number of carbonyl (C=O) groups excluding carboxylic acids is 1. The van der Waals surface area contributed by atoms with E-state index in [1.165, 1.54) is 36.0 Å². The molecule has 0 aliphatic carbocycles. The van der Waals surface area contributed by atoms with E-state index in [0.29, 0.717) is 23.2 Å². The molecule has 0 spiro atoms. The highest BCUT2D eigenvalue weighted by Gasteiger charge is 2.25. The number of amides is 2. The number of aryl methyl sites for hydroxylation is 1. The maximum atomic E-state index is 14.2. The SMILES string of the molecule is Cc1ccc(-n2c(SCc3ccc(F)cc3)nnc2C(Cc2ccccc2)NC(=O)Nc2ccccc2F)cc1. The zero-order chi connectivity index (χ0) is 27.9. The molecule has 0 saturated heterocycles. The van der Waals surface area contributed by atoms with Crippen LogP contribution in [-0.2, 0) is 12.2 Å². The molecular formula is C31H27F2N5OS. The van der Waals surface area contributed by atoms with Crippen LogP contribution in [0.1, 0.15) is 28.6 Å². The van der Waals surface area contributed by atoms with Gasteiger partial charge in [-0.25, -0.2) is 13.6 Å². The van der Waals surface area contributed by atoms with Crippen LogP contribution >= 0.6 is 11.8 Å². The van der Waals surface area contributed by atoms with Crippen LogP contribution in [-0.4, -0.2) is 20.8 Å². The summed E-state index contributed by atoms with van der Waals surface area (Å²) in [6.45, 7) is 2.01. The van der Waals surface area contributed by atoms with E-state index in [2.05, 4.69) is 20.8 Å². The van der Waals surface area contributed by atoms with Crippen molar-refractivity contribution in [3.63, 3.8) is 0 Å². The molecule has 0 saturated carbocycles. The van der Waals surface area contributed by atoms with E-state index in [0.717, 1.165) is 22.4 Å². The number of rotatable bonds is 9. The van der Waals surface area contributed by atoms with E-state index in [9.17, 15) is 13.6 Å². The van der Waals surface area contributed by atoms with Gasteiger partial charge in [-0.2, -0.15) is 0 Å². The van der Waals surface area contributed by atoms with Crippen molar-refractivity contribution in [2.24, 2.45) is 0 Å². The maximum absolute atomic E-state index is 14.2. The molecular weight excluding hydrogens is 528 g/mol. The van der Waals surface area contributed by atoms with Gasteiger partial charge < -0.3 is 10.6 Å². The van der Waals surface area contributed by atoms with E-state index < -0.39 is 17.9 Å². The first-order valence-corrected chi connectivity index (χ1v) is 13.7. The fraction of sp³-hybridized carbons (Fsp3) is 0.129. The number of anilines is 1. The second-order valence-electron chi connectivity index (χ2n) is 9.25. The molecule has 9 heteroatoms. The van der Waals surface area contributed by atoms with Gasteiger partial charge in [-0.1, -0.05) is 84.1 Å². The highest BCUT2D eigenvalue weighted by molar-refractivity contribution is 7.98. The minimum Gasteiger partial charge on any atom is -0.327 e. The summed E-state index contributed by atoms with van der Waals surface area (Å²) in [6, 6.07) is 28.9. The van der Waals surface area contributed by atoms with E-state index in [-0.39, 0.29) is 11.5 Å². The van der Waals surface area contributed by atoms with Gasteiger partial charge in [-0.15, -0.1) is 10.2 Å². The van der Waals surface area contributed by atoms with Crippen molar-refractivity contribution >= 4 is 23.5 Å². The Morgan fingerprint density at radius 2 is 1.55 bits per heavy atom. The Bertz CT molecular complexity index is 1570. The summed E-state index contributed by atoms with van der Waals surface area (Å²) in [5.74, 6) is 0.259. The molecule has 4 aromatic carbocycles. The van der Waals surface area contributed by atoms with Crippen molar-refractivity contribution in [3.8, 4) is 5.69 Å². The molecule has 2 N–H and O–H groups in total. The smallest absolute Gasteiger partial charge is 0.319 e. The Morgan fingerprint density at radius 1 is 0.850 bits per heavy atom. The largest absolute Gasteiger partial charge is 0.327 e.